The van der Waals surface area contributed by atoms with Gasteiger partial charge in [-0.1, -0.05) is 0 Å². The molecular weight excluding hydrogens is 267 g/mol. The fraction of sp³-hybridized carbons (Fsp3) is 0.286. The van der Waals surface area contributed by atoms with Crippen LogP contribution in [0.3, 0.4) is 0 Å². The molecule has 0 aliphatic rings. The van der Waals surface area contributed by atoms with Crippen LogP contribution >= 0.6 is 0 Å². The van der Waals surface area contributed by atoms with Gasteiger partial charge in [0.05, 0.1) is 17.9 Å². The number of aliphatic hydroxyl groups is 1. The first kappa shape index (κ1) is 15.8. The molecule has 0 aliphatic heterocycles. The summed E-state index contributed by atoms with van der Waals surface area (Å²) < 4.78 is 69.8. The highest BCUT2D eigenvalue weighted by Gasteiger charge is 2.30. The molecule has 0 aromatic carbocycles. The topological polar surface area (TPSA) is 113 Å². The van der Waals surface area contributed by atoms with Gasteiger partial charge >= 0.3 is 6.18 Å². The molecule has 0 bridgehead atoms. The number of pyridine rings is 1. The monoisotopic (exact) mass is 273 g/mol. The van der Waals surface area contributed by atoms with Crippen LogP contribution in [0.25, 0.3) is 0 Å². The number of hydrogen-bond donors (Lipinski definition) is 1. The molecular formula is C7H6F3NO5S-2. The molecule has 0 atom stereocenters. The number of halogens is 3. The molecule has 1 rings (SSSR count). The summed E-state index contributed by atoms with van der Waals surface area (Å²) in [5, 5.41) is 8.49. The fourth-order valence-corrected chi connectivity index (χ4v) is 0.686. The second-order valence-corrected chi connectivity index (χ2v) is 3.42. The normalized spacial score (nSPS) is 11.6. The van der Waals surface area contributed by atoms with Crippen molar-refractivity contribution in [3.63, 3.8) is 0 Å². The van der Waals surface area contributed by atoms with Crippen molar-refractivity contribution in [3.8, 4) is 0 Å². The molecule has 0 saturated carbocycles. The molecule has 1 N–H and O–H groups in total. The van der Waals surface area contributed by atoms with Crippen molar-refractivity contribution in [2.75, 3.05) is 0 Å². The summed E-state index contributed by atoms with van der Waals surface area (Å²) in [4.78, 5) is 3.39. The number of aromatic nitrogens is 1. The van der Waals surface area contributed by atoms with E-state index in [0.29, 0.717) is 6.20 Å². The van der Waals surface area contributed by atoms with Crippen LogP contribution in [-0.4, -0.2) is 27.6 Å². The van der Waals surface area contributed by atoms with Crippen molar-refractivity contribution in [2.24, 2.45) is 0 Å². The summed E-state index contributed by atoms with van der Waals surface area (Å²) in [5.41, 5.74) is -0.581. The molecule has 6 nitrogen and oxygen atoms in total. The molecule has 10 heteroatoms. The Balaban J connectivity index is 0.000000437. The van der Waals surface area contributed by atoms with Crippen LogP contribution in [0.2, 0.25) is 0 Å². The predicted molar refractivity (Wildman–Crippen MR) is 45.6 cm³/mol. The van der Waals surface area contributed by atoms with E-state index in [-0.39, 0.29) is 12.3 Å². The predicted octanol–water partition coefficient (Wildman–Crippen LogP) is 0.255. The third kappa shape index (κ3) is 8.56. The molecule has 0 aliphatic carbocycles. The van der Waals surface area contributed by atoms with Gasteiger partial charge in [-0.3, -0.25) is 13.4 Å². The van der Waals surface area contributed by atoms with Gasteiger partial charge in [0.15, 0.2) is 0 Å². The van der Waals surface area contributed by atoms with Crippen LogP contribution in [-0.2, 0) is 23.2 Å². The van der Waals surface area contributed by atoms with Crippen LogP contribution < -0.4 is 0 Å². The lowest BCUT2D eigenvalue weighted by Crippen LogP contribution is -2.05. The van der Waals surface area contributed by atoms with E-state index in [1.807, 2.05) is 0 Å². The minimum Gasteiger partial charge on any atom is -0.759 e. The highest BCUT2D eigenvalue weighted by atomic mass is 32.3. The van der Waals surface area contributed by atoms with Crippen molar-refractivity contribution < 1.29 is 35.8 Å². The van der Waals surface area contributed by atoms with Crippen molar-refractivity contribution in [2.45, 2.75) is 12.8 Å². The highest BCUT2D eigenvalue weighted by Crippen LogP contribution is 2.28. The summed E-state index contributed by atoms with van der Waals surface area (Å²) in [7, 11) is -5.17. The summed E-state index contributed by atoms with van der Waals surface area (Å²) in [6.07, 6.45) is -3.66. The lowest BCUT2D eigenvalue weighted by molar-refractivity contribution is -0.137. The summed E-state index contributed by atoms with van der Waals surface area (Å²) in [5.74, 6) is 0. The highest BCUT2D eigenvalue weighted by molar-refractivity contribution is 7.79. The maximum Gasteiger partial charge on any atom is 0.417 e. The van der Waals surface area contributed by atoms with E-state index in [0.717, 1.165) is 12.1 Å². The molecule has 0 spiro atoms. The van der Waals surface area contributed by atoms with Gasteiger partial charge in [0.2, 0.25) is 0 Å². The van der Waals surface area contributed by atoms with Gasteiger partial charge in [0, 0.05) is 16.6 Å². The molecule has 1 heterocycles. The molecule has 0 amide bonds. The van der Waals surface area contributed by atoms with Gasteiger partial charge in [0.25, 0.3) is 0 Å². The van der Waals surface area contributed by atoms with Gasteiger partial charge in [-0.25, -0.2) is 0 Å². The second-order valence-electron chi connectivity index (χ2n) is 2.60. The smallest absolute Gasteiger partial charge is 0.417 e. The number of rotatable bonds is 1. The largest absolute Gasteiger partial charge is 0.759 e. The van der Waals surface area contributed by atoms with Crippen molar-refractivity contribution in [1.82, 2.24) is 4.98 Å². The van der Waals surface area contributed by atoms with E-state index >= 15 is 0 Å². The SMILES string of the molecule is O=S(=O)([O-])[O-].OCc1ccc(C(F)(F)F)cn1. The van der Waals surface area contributed by atoms with Gasteiger partial charge in [-0.05, 0) is 12.1 Å². The van der Waals surface area contributed by atoms with E-state index in [1.165, 1.54) is 0 Å². The van der Waals surface area contributed by atoms with Gasteiger partial charge in [0.1, 0.15) is 0 Å². The van der Waals surface area contributed by atoms with E-state index in [4.69, 9.17) is 22.6 Å². The lowest BCUT2D eigenvalue weighted by atomic mass is 10.2. The summed E-state index contributed by atoms with van der Waals surface area (Å²) in [6, 6.07) is 2.03. The first-order valence-electron chi connectivity index (χ1n) is 3.83. The molecule has 17 heavy (non-hydrogen) atoms. The van der Waals surface area contributed by atoms with Gasteiger partial charge < -0.3 is 14.2 Å². The molecule has 1 aromatic rings. The molecule has 98 valence electrons. The Morgan fingerprint density at radius 2 is 1.76 bits per heavy atom. The zero-order chi connectivity index (χ0) is 13.7. The molecule has 0 radical (unpaired) electrons. The van der Waals surface area contributed by atoms with Crippen LogP contribution in [0.4, 0.5) is 13.2 Å². The average molecular weight is 273 g/mol. The number of hydrogen-bond acceptors (Lipinski definition) is 6. The van der Waals surface area contributed by atoms with Gasteiger partial charge in [-0.2, -0.15) is 13.2 Å². The van der Waals surface area contributed by atoms with Crippen LogP contribution in [0, 0.1) is 0 Å². The Kier molecular flexibility index (Phi) is 5.48. The molecule has 0 unspecified atom stereocenters. The third-order valence-corrected chi connectivity index (χ3v) is 1.31. The Morgan fingerprint density at radius 3 is 2.00 bits per heavy atom. The van der Waals surface area contributed by atoms with Gasteiger partial charge in [-0.15, -0.1) is 0 Å². The average Bonchev–Trinajstić information content (AvgIpc) is 2.14. The number of alkyl halides is 3. The Labute approximate surface area is 94.3 Å². The van der Waals surface area contributed by atoms with E-state index in [1.54, 1.807) is 0 Å². The Hall–Kier alpha value is -1.23. The Bertz CT molecular complexity index is 434. The standard InChI is InChI=1S/C7H6F3NO.H2O4S/c8-7(9,10)5-1-2-6(4-12)11-3-5;1-5(2,3)4/h1-3,12H,4H2;(H2,1,2,3,4)/p-2. The summed E-state index contributed by atoms with van der Waals surface area (Å²) in [6.45, 7) is -0.349. The minimum atomic E-state index is -5.17. The lowest BCUT2D eigenvalue weighted by Gasteiger charge is -2.06. The second kappa shape index (κ2) is 5.91. The molecule has 1 aromatic heterocycles. The first-order chi connectivity index (χ1) is 7.54. The van der Waals surface area contributed by atoms with E-state index < -0.39 is 22.1 Å². The van der Waals surface area contributed by atoms with E-state index in [9.17, 15) is 13.2 Å². The minimum absolute atomic E-state index is 0.225. The Morgan fingerprint density at radius 1 is 1.29 bits per heavy atom. The van der Waals surface area contributed by atoms with Crippen LogP contribution in [0.15, 0.2) is 18.3 Å². The zero-order valence-electron chi connectivity index (χ0n) is 8.01. The van der Waals surface area contributed by atoms with Crippen LogP contribution in [0.1, 0.15) is 11.3 Å². The van der Waals surface area contributed by atoms with E-state index in [2.05, 4.69) is 4.98 Å². The van der Waals surface area contributed by atoms with Crippen molar-refractivity contribution in [1.29, 1.82) is 0 Å². The molecule has 0 saturated heterocycles. The van der Waals surface area contributed by atoms with Crippen molar-refractivity contribution >= 4 is 10.4 Å². The zero-order valence-corrected chi connectivity index (χ0v) is 8.83. The quantitative estimate of drug-likeness (QED) is 0.579. The first-order valence-corrected chi connectivity index (χ1v) is 5.17. The number of nitrogens with zero attached hydrogens (tertiary/aromatic N) is 1. The third-order valence-electron chi connectivity index (χ3n) is 1.31. The molecule has 0 fully saturated rings. The maximum absolute atomic E-state index is 11.9. The fourth-order valence-electron chi connectivity index (χ4n) is 0.686. The van der Waals surface area contributed by atoms with Crippen LogP contribution in [0.5, 0.6) is 0 Å². The maximum atomic E-state index is 11.9. The van der Waals surface area contributed by atoms with Crippen molar-refractivity contribution in [3.05, 3.63) is 29.6 Å². The number of aliphatic hydroxyl groups excluding tert-OH is 1. The summed E-state index contributed by atoms with van der Waals surface area (Å²) >= 11 is 0.